The molecule has 0 N–H and O–H groups in total. The predicted molar refractivity (Wildman–Crippen MR) is 288 cm³/mol. The highest BCUT2D eigenvalue weighted by molar-refractivity contribution is 6.98. The summed E-state index contributed by atoms with van der Waals surface area (Å²) in [5, 5.41) is 8.57. The zero-order valence-corrected chi connectivity index (χ0v) is 37.9. The van der Waals surface area contributed by atoms with Crippen molar-refractivity contribution in [1.82, 2.24) is 0 Å². The predicted octanol–water partition coefficient (Wildman–Crippen LogP) is 15.8. The van der Waals surface area contributed by atoms with Gasteiger partial charge in [0.15, 0.2) is 0 Å². The lowest BCUT2D eigenvalue weighted by Gasteiger charge is -2.33. The molecule has 0 radical (unpaired) electrons. The quantitative estimate of drug-likeness (QED) is 0.155. The third-order valence-corrected chi connectivity index (χ3v) is 14.3. The van der Waals surface area contributed by atoms with Gasteiger partial charge in [-0.1, -0.05) is 84.9 Å². The molecule has 0 fully saturated rings. The molecule has 6 nitrogen and oxygen atoms in total. The van der Waals surface area contributed by atoms with Crippen molar-refractivity contribution in [3.8, 4) is 23.0 Å². The van der Waals surface area contributed by atoms with Crippen LogP contribution in [-0.2, 0) is 0 Å². The minimum Gasteiger partial charge on any atom is -0.458 e. The van der Waals surface area contributed by atoms with E-state index < -0.39 is 0 Å². The molecule has 2 aromatic heterocycles. The Balaban J connectivity index is 0.852. The fraction of sp³-hybridized carbons (Fsp3) is 0.0159. The minimum absolute atomic E-state index is 0.180. The fourth-order valence-corrected chi connectivity index (χ4v) is 11.1. The highest BCUT2D eigenvalue weighted by Gasteiger charge is 2.41. The van der Waals surface area contributed by atoms with Crippen LogP contribution in [0.1, 0.15) is 5.56 Å². The van der Waals surface area contributed by atoms with Crippen LogP contribution >= 0.6 is 0 Å². The standard InChI is InChI=1S/C63H39BN2O4/c1-38-26-61-63-62(27-38)70-60-35-52-50-31-40-23-25-48(66(45-18-10-4-11-19-45)46-20-12-5-13-21-46)29-42(40)33-56(50)68-58(52)37-54(60)64(63)53-36-57-51(34-59(53)69-61)49-30-39-22-24-47(28-41(39)32-55(49)67-57)65(43-14-6-2-7-15-43)44-16-8-3-9-17-44/h2-37H,1H3. The second-order valence-electron chi connectivity index (χ2n) is 18.6. The molecule has 15 rings (SSSR count). The van der Waals surface area contributed by atoms with Gasteiger partial charge in [-0.3, -0.25) is 0 Å². The Morgan fingerprint density at radius 2 is 0.686 bits per heavy atom. The van der Waals surface area contributed by atoms with E-state index >= 15 is 0 Å². The summed E-state index contributed by atoms with van der Waals surface area (Å²) in [7, 11) is 0. The van der Waals surface area contributed by atoms with Crippen LogP contribution in [0.2, 0.25) is 0 Å². The molecule has 0 spiro atoms. The van der Waals surface area contributed by atoms with E-state index in [0.717, 1.165) is 144 Å². The number of fused-ring (bicyclic) bond motifs is 12. The maximum Gasteiger partial charge on any atom is 0.261 e. The number of hydrogen-bond acceptors (Lipinski definition) is 6. The Kier molecular flexibility index (Phi) is 8.27. The zero-order valence-electron chi connectivity index (χ0n) is 37.9. The van der Waals surface area contributed by atoms with Crippen molar-refractivity contribution in [3.63, 3.8) is 0 Å². The molecular formula is C63H39BN2O4. The average molecular weight is 899 g/mol. The molecular weight excluding hydrogens is 860 g/mol. The van der Waals surface area contributed by atoms with Crippen molar-refractivity contribution in [2.24, 2.45) is 0 Å². The Labute approximate surface area is 402 Å². The molecule has 11 aromatic carbocycles. The summed E-state index contributed by atoms with van der Waals surface area (Å²) in [5.41, 5.74) is 13.9. The first kappa shape index (κ1) is 38.9. The van der Waals surface area contributed by atoms with Crippen LogP contribution in [-0.4, -0.2) is 6.71 Å². The van der Waals surface area contributed by atoms with Gasteiger partial charge >= 0.3 is 0 Å². The number of nitrogens with zero attached hydrogens (tertiary/aromatic N) is 2. The molecule has 2 aliphatic rings. The number of furan rings is 2. The van der Waals surface area contributed by atoms with Gasteiger partial charge < -0.3 is 28.1 Å². The largest absolute Gasteiger partial charge is 0.458 e. The highest BCUT2D eigenvalue weighted by atomic mass is 16.5. The van der Waals surface area contributed by atoms with Crippen molar-refractivity contribution in [3.05, 3.63) is 224 Å². The van der Waals surface area contributed by atoms with Crippen molar-refractivity contribution in [1.29, 1.82) is 0 Å². The average Bonchev–Trinajstić information content (AvgIpc) is 3.92. The minimum atomic E-state index is -0.180. The number of rotatable bonds is 6. The van der Waals surface area contributed by atoms with Crippen molar-refractivity contribution >= 4 is 123 Å². The maximum absolute atomic E-state index is 6.87. The van der Waals surface area contributed by atoms with Crippen LogP contribution in [0, 0.1) is 6.92 Å². The Morgan fingerprint density at radius 1 is 0.314 bits per heavy atom. The van der Waals surface area contributed by atoms with E-state index in [2.05, 4.69) is 235 Å². The molecule has 4 heterocycles. The molecule has 0 saturated heterocycles. The summed E-state index contributed by atoms with van der Waals surface area (Å²) in [6, 6.07) is 77.1. The van der Waals surface area contributed by atoms with Crippen LogP contribution in [0.15, 0.2) is 227 Å². The molecule has 13 aromatic rings. The van der Waals surface area contributed by atoms with Crippen LogP contribution in [0.4, 0.5) is 34.1 Å². The summed E-state index contributed by atoms with van der Waals surface area (Å²) in [5.74, 6) is 3.22. The van der Waals surface area contributed by atoms with Crippen LogP contribution < -0.4 is 35.7 Å². The van der Waals surface area contributed by atoms with Gasteiger partial charge in [-0.25, -0.2) is 0 Å². The monoisotopic (exact) mass is 898 g/mol. The summed E-state index contributed by atoms with van der Waals surface area (Å²) >= 11 is 0. The topological polar surface area (TPSA) is 51.2 Å². The van der Waals surface area contributed by atoms with Gasteiger partial charge in [0.1, 0.15) is 45.3 Å². The van der Waals surface area contributed by atoms with Gasteiger partial charge in [-0.2, -0.15) is 0 Å². The smallest absolute Gasteiger partial charge is 0.261 e. The highest BCUT2D eigenvalue weighted by Crippen LogP contribution is 2.44. The van der Waals surface area contributed by atoms with Crippen molar-refractivity contribution in [2.45, 2.75) is 6.92 Å². The van der Waals surface area contributed by atoms with Crippen LogP contribution in [0.3, 0.4) is 0 Å². The van der Waals surface area contributed by atoms with Gasteiger partial charge in [-0.15, -0.1) is 0 Å². The normalized spacial score (nSPS) is 12.6. The lowest BCUT2D eigenvalue weighted by molar-refractivity contribution is 0.464. The first-order valence-corrected chi connectivity index (χ1v) is 23.7. The molecule has 0 bridgehead atoms. The third kappa shape index (κ3) is 6.01. The van der Waals surface area contributed by atoms with E-state index in [1.54, 1.807) is 0 Å². The van der Waals surface area contributed by atoms with E-state index in [9.17, 15) is 0 Å². The molecule has 0 amide bonds. The molecule has 328 valence electrons. The summed E-state index contributed by atoms with van der Waals surface area (Å²) in [4.78, 5) is 4.58. The lowest BCUT2D eigenvalue weighted by Crippen LogP contribution is -2.57. The number of ether oxygens (including phenoxy) is 2. The molecule has 0 unspecified atom stereocenters. The summed E-state index contributed by atoms with van der Waals surface area (Å²) in [6.45, 7) is 1.91. The number of para-hydroxylation sites is 4. The number of benzene rings is 11. The first-order valence-electron chi connectivity index (χ1n) is 23.7. The van der Waals surface area contributed by atoms with E-state index in [-0.39, 0.29) is 6.71 Å². The number of aryl methyl sites for hydroxylation is 1. The molecule has 0 saturated carbocycles. The molecule has 7 heteroatoms. The Bertz CT molecular complexity index is 3920. The number of hydrogen-bond donors (Lipinski definition) is 0. The first-order chi connectivity index (χ1) is 34.5. The van der Waals surface area contributed by atoms with Crippen molar-refractivity contribution < 1.29 is 18.3 Å². The van der Waals surface area contributed by atoms with E-state index in [1.807, 2.05) is 0 Å². The van der Waals surface area contributed by atoms with Crippen LogP contribution in [0.25, 0.3) is 65.4 Å². The van der Waals surface area contributed by atoms with Crippen LogP contribution in [0.5, 0.6) is 23.0 Å². The SMILES string of the molecule is Cc1cc2c3c(c1)Oc1cc4c(cc1B3c1cc3oc5cc6cc(N(c7ccccc7)c7ccccc7)ccc6cc5c3cc1O2)oc1cc2cc(N(c3ccccc3)c3ccccc3)ccc2cc14. The number of anilines is 6. The van der Waals surface area contributed by atoms with E-state index in [0.29, 0.717) is 0 Å². The Hall–Kier alpha value is -9.20. The van der Waals surface area contributed by atoms with Gasteiger partial charge in [0.25, 0.3) is 6.71 Å². The lowest BCUT2D eigenvalue weighted by atomic mass is 9.34. The van der Waals surface area contributed by atoms with Gasteiger partial charge in [0, 0.05) is 61.1 Å². The second-order valence-corrected chi connectivity index (χ2v) is 18.6. The Morgan fingerprint density at radius 3 is 1.09 bits per heavy atom. The van der Waals surface area contributed by atoms with Gasteiger partial charge in [0.05, 0.1) is 0 Å². The summed E-state index contributed by atoms with van der Waals surface area (Å²) < 4.78 is 27.4. The zero-order chi connectivity index (χ0) is 46.0. The second kappa shape index (κ2) is 14.9. The maximum atomic E-state index is 6.87. The summed E-state index contributed by atoms with van der Waals surface area (Å²) in [6.07, 6.45) is 0. The molecule has 2 aliphatic heterocycles. The van der Waals surface area contributed by atoms with E-state index in [4.69, 9.17) is 18.3 Å². The molecule has 0 atom stereocenters. The fourth-order valence-electron chi connectivity index (χ4n) is 11.1. The van der Waals surface area contributed by atoms with E-state index in [1.165, 1.54) is 0 Å². The third-order valence-electron chi connectivity index (χ3n) is 14.3. The van der Waals surface area contributed by atoms with Gasteiger partial charge in [-0.05, 0) is 178 Å². The molecule has 70 heavy (non-hydrogen) atoms. The van der Waals surface area contributed by atoms with Gasteiger partial charge in [0.2, 0.25) is 0 Å². The molecule has 0 aliphatic carbocycles. The van der Waals surface area contributed by atoms with Crippen molar-refractivity contribution in [2.75, 3.05) is 9.80 Å².